The van der Waals surface area contributed by atoms with E-state index < -0.39 is 11.9 Å². The maximum absolute atomic E-state index is 13.0. The zero-order valence-electron chi connectivity index (χ0n) is 17.5. The van der Waals surface area contributed by atoms with Crippen LogP contribution in [0.25, 0.3) is 0 Å². The Labute approximate surface area is 170 Å². The zero-order valence-corrected chi connectivity index (χ0v) is 17.5. The van der Waals surface area contributed by atoms with Crippen molar-refractivity contribution in [2.24, 2.45) is 17.8 Å². The van der Waals surface area contributed by atoms with E-state index in [-0.39, 0.29) is 23.4 Å². The Morgan fingerprint density at radius 1 is 1.34 bits per heavy atom. The van der Waals surface area contributed by atoms with Crippen molar-refractivity contribution in [1.82, 2.24) is 15.6 Å². The maximum atomic E-state index is 13.0. The molecule has 2 N–H and O–H groups in total. The quantitative estimate of drug-likeness (QED) is 0.752. The number of rotatable bonds is 6. The number of alkyl halides is 3. The fourth-order valence-electron chi connectivity index (χ4n) is 4.95. The number of carbonyl (C=O) groups is 1. The van der Waals surface area contributed by atoms with Crippen LogP contribution in [0.5, 0.6) is 0 Å². The monoisotopic (exact) mass is 412 g/mol. The van der Waals surface area contributed by atoms with Crippen molar-refractivity contribution in [3.8, 4) is 0 Å². The van der Waals surface area contributed by atoms with Crippen LogP contribution in [-0.2, 0) is 11.0 Å². The lowest BCUT2D eigenvalue weighted by Crippen LogP contribution is -2.56. The predicted molar refractivity (Wildman–Crippen MR) is 107 cm³/mol. The molecule has 2 aliphatic rings. The van der Waals surface area contributed by atoms with Gasteiger partial charge >= 0.3 is 6.18 Å². The number of anilines is 1. The summed E-state index contributed by atoms with van der Waals surface area (Å²) in [6.07, 6.45) is -1.76. The summed E-state index contributed by atoms with van der Waals surface area (Å²) in [4.78, 5) is 18.2. The predicted octanol–water partition coefficient (Wildman–Crippen LogP) is 3.46. The standard InChI is InChI=1S/C21H31F3N4O/c1-13(2)10-16(19(29)25-4)27-20(3)9-8-14-11-28(12-15(14)20)18-7-5-6-17(26-18)21(22,23)24/h5-7,13-16,27H,8-12H2,1-4H3,(H,25,29)/t14-,15+,16+,20+/m1/s1. The minimum absolute atomic E-state index is 0.0160. The Bertz CT molecular complexity index is 739. The molecule has 1 saturated carbocycles. The largest absolute Gasteiger partial charge is 0.433 e. The van der Waals surface area contributed by atoms with Gasteiger partial charge in [0, 0.05) is 25.7 Å². The number of pyridine rings is 1. The molecule has 1 saturated heterocycles. The van der Waals surface area contributed by atoms with Crippen molar-refractivity contribution in [2.45, 2.75) is 57.8 Å². The van der Waals surface area contributed by atoms with Crippen LogP contribution in [-0.4, -0.2) is 42.6 Å². The Morgan fingerprint density at radius 2 is 2.07 bits per heavy atom. The second-order valence-corrected chi connectivity index (χ2v) is 9.05. The van der Waals surface area contributed by atoms with E-state index in [0.717, 1.165) is 25.3 Å². The first kappa shape index (κ1) is 21.9. The number of fused-ring (bicyclic) bond motifs is 1. The first-order valence-corrected chi connectivity index (χ1v) is 10.3. The molecular weight excluding hydrogens is 381 g/mol. The van der Waals surface area contributed by atoms with E-state index in [0.29, 0.717) is 30.7 Å². The molecule has 0 radical (unpaired) electrons. The maximum Gasteiger partial charge on any atom is 0.433 e. The van der Waals surface area contributed by atoms with Crippen LogP contribution in [0.2, 0.25) is 0 Å². The third kappa shape index (κ3) is 4.68. The van der Waals surface area contributed by atoms with E-state index in [1.165, 1.54) is 6.07 Å². The Kier molecular flexibility index (Phi) is 6.13. The number of hydrogen-bond donors (Lipinski definition) is 2. The highest BCUT2D eigenvalue weighted by atomic mass is 19.4. The van der Waals surface area contributed by atoms with Gasteiger partial charge < -0.3 is 15.5 Å². The van der Waals surface area contributed by atoms with Gasteiger partial charge in [-0.3, -0.25) is 4.79 Å². The molecule has 2 heterocycles. The molecule has 2 fully saturated rings. The van der Waals surface area contributed by atoms with Gasteiger partial charge in [0.25, 0.3) is 0 Å². The van der Waals surface area contributed by atoms with Gasteiger partial charge in [-0.25, -0.2) is 4.98 Å². The van der Waals surface area contributed by atoms with Gasteiger partial charge in [-0.1, -0.05) is 19.9 Å². The molecule has 5 nitrogen and oxygen atoms in total. The number of aromatic nitrogens is 1. The summed E-state index contributed by atoms with van der Waals surface area (Å²) >= 11 is 0. The van der Waals surface area contributed by atoms with E-state index in [1.54, 1.807) is 13.1 Å². The van der Waals surface area contributed by atoms with E-state index in [9.17, 15) is 18.0 Å². The lowest BCUT2D eigenvalue weighted by molar-refractivity contribution is -0.141. The van der Waals surface area contributed by atoms with Crippen LogP contribution in [0.4, 0.5) is 19.0 Å². The van der Waals surface area contributed by atoms with Crippen LogP contribution in [0.3, 0.4) is 0 Å². The molecule has 0 spiro atoms. The summed E-state index contributed by atoms with van der Waals surface area (Å²) in [5.41, 5.74) is -1.09. The fourth-order valence-corrected chi connectivity index (χ4v) is 4.95. The van der Waals surface area contributed by atoms with E-state index in [2.05, 4.69) is 36.4 Å². The van der Waals surface area contributed by atoms with Crippen molar-refractivity contribution >= 4 is 11.7 Å². The third-order valence-electron chi connectivity index (χ3n) is 6.42. The summed E-state index contributed by atoms with van der Waals surface area (Å²) in [7, 11) is 1.65. The second-order valence-electron chi connectivity index (χ2n) is 9.05. The number of nitrogens with zero attached hydrogens (tertiary/aromatic N) is 2. The molecule has 0 aromatic carbocycles. The molecule has 1 aromatic heterocycles. The van der Waals surface area contributed by atoms with Crippen LogP contribution >= 0.6 is 0 Å². The van der Waals surface area contributed by atoms with Gasteiger partial charge in [0.05, 0.1) is 6.04 Å². The number of halogens is 3. The van der Waals surface area contributed by atoms with E-state index in [1.807, 2.05) is 4.90 Å². The third-order valence-corrected chi connectivity index (χ3v) is 6.42. The molecule has 1 aliphatic heterocycles. The van der Waals surface area contributed by atoms with Crippen molar-refractivity contribution < 1.29 is 18.0 Å². The van der Waals surface area contributed by atoms with Crippen molar-refractivity contribution in [3.63, 3.8) is 0 Å². The fraction of sp³-hybridized carbons (Fsp3) is 0.714. The van der Waals surface area contributed by atoms with Gasteiger partial charge in [-0.2, -0.15) is 13.2 Å². The van der Waals surface area contributed by atoms with E-state index >= 15 is 0 Å². The number of hydrogen-bond acceptors (Lipinski definition) is 4. The average molecular weight is 412 g/mol. The molecule has 1 aromatic rings. The summed E-state index contributed by atoms with van der Waals surface area (Å²) in [5.74, 6) is 1.38. The Morgan fingerprint density at radius 3 is 2.69 bits per heavy atom. The Hall–Kier alpha value is -1.83. The molecule has 4 atom stereocenters. The summed E-state index contributed by atoms with van der Waals surface area (Å²) < 4.78 is 39.1. The summed E-state index contributed by atoms with van der Waals surface area (Å²) in [6, 6.07) is 3.80. The highest BCUT2D eigenvalue weighted by molar-refractivity contribution is 5.81. The highest BCUT2D eigenvalue weighted by Crippen LogP contribution is 2.46. The summed E-state index contributed by atoms with van der Waals surface area (Å²) in [6.45, 7) is 7.68. The van der Waals surface area contributed by atoms with Gasteiger partial charge in [-0.05, 0) is 56.1 Å². The minimum Gasteiger partial charge on any atom is -0.358 e. The van der Waals surface area contributed by atoms with Crippen LogP contribution < -0.4 is 15.5 Å². The normalized spacial score (nSPS) is 27.9. The van der Waals surface area contributed by atoms with Crippen molar-refractivity contribution in [2.75, 3.05) is 25.0 Å². The van der Waals surface area contributed by atoms with Gasteiger partial charge in [-0.15, -0.1) is 0 Å². The molecule has 1 aliphatic carbocycles. The molecule has 29 heavy (non-hydrogen) atoms. The molecule has 162 valence electrons. The van der Waals surface area contributed by atoms with Crippen LogP contribution in [0.1, 0.15) is 45.7 Å². The average Bonchev–Trinajstić information content (AvgIpc) is 3.21. The van der Waals surface area contributed by atoms with Crippen LogP contribution in [0.15, 0.2) is 18.2 Å². The first-order chi connectivity index (χ1) is 13.5. The molecule has 3 rings (SSSR count). The zero-order chi connectivity index (χ0) is 21.4. The molecule has 0 bridgehead atoms. The van der Waals surface area contributed by atoms with Crippen molar-refractivity contribution in [1.29, 1.82) is 0 Å². The van der Waals surface area contributed by atoms with E-state index in [4.69, 9.17) is 0 Å². The number of nitrogens with one attached hydrogen (secondary N) is 2. The lowest BCUT2D eigenvalue weighted by atomic mass is 9.85. The van der Waals surface area contributed by atoms with Gasteiger partial charge in [0.15, 0.2) is 0 Å². The highest BCUT2D eigenvalue weighted by Gasteiger charge is 2.51. The number of amides is 1. The van der Waals surface area contributed by atoms with Gasteiger partial charge in [0.2, 0.25) is 5.91 Å². The molecule has 8 heteroatoms. The van der Waals surface area contributed by atoms with Crippen LogP contribution in [0, 0.1) is 17.8 Å². The number of likely N-dealkylation sites (N-methyl/N-ethyl adjacent to an activating group) is 1. The topological polar surface area (TPSA) is 57.3 Å². The molecular formula is C21H31F3N4O. The smallest absolute Gasteiger partial charge is 0.358 e. The first-order valence-electron chi connectivity index (χ1n) is 10.3. The Balaban J connectivity index is 1.76. The lowest BCUT2D eigenvalue weighted by Gasteiger charge is -2.37. The second kappa shape index (κ2) is 8.13. The minimum atomic E-state index is -4.45. The molecule has 1 amide bonds. The van der Waals surface area contributed by atoms with Gasteiger partial charge in [0.1, 0.15) is 11.5 Å². The number of carbonyl (C=O) groups excluding carboxylic acids is 1. The van der Waals surface area contributed by atoms with Crippen molar-refractivity contribution in [3.05, 3.63) is 23.9 Å². The molecule has 0 unspecified atom stereocenters. The SMILES string of the molecule is CNC(=O)[C@H](CC(C)C)N[C@@]1(C)CC[C@@H]2CN(c3cccc(C(F)(F)F)n3)C[C@@H]21. The summed E-state index contributed by atoms with van der Waals surface area (Å²) in [5, 5.41) is 6.36.